The first kappa shape index (κ1) is 12.2. The van der Waals surface area contributed by atoms with Gasteiger partial charge in [-0.05, 0) is 38.3 Å². The Balaban J connectivity index is 2.20. The number of nitrogens with zero attached hydrogens (tertiary/aromatic N) is 2. The van der Waals surface area contributed by atoms with Gasteiger partial charge in [-0.3, -0.25) is 4.68 Å². The summed E-state index contributed by atoms with van der Waals surface area (Å²) < 4.78 is 1.87. The summed E-state index contributed by atoms with van der Waals surface area (Å²) in [4.78, 5) is 0. The first-order valence-electron chi connectivity index (χ1n) is 5.91. The van der Waals surface area contributed by atoms with Crippen LogP contribution in [0.2, 0.25) is 0 Å². The van der Waals surface area contributed by atoms with Crippen molar-refractivity contribution in [2.24, 2.45) is 7.05 Å². The molecule has 0 spiro atoms. The quantitative estimate of drug-likeness (QED) is 0.745. The third-order valence-corrected chi connectivity index (χ3v) is 2.82. The smallest absolute Gasteiger partial charge is 0.0521 e. The van der Waals surface area contributed by atoms with E-state index in [0.29, 0.717) is 6.04 Å². The molecule has 0 fully saturated rings. The molecular weight excluding hydrogens is 186 g/mol. The number of hydrogen-bond donors (Lipinski definition) is 1. The van der Waals surface area contributed by atoms with E-state index in [2.05, 4.69) is 30.6 Å². The van der Waals surface area contributed by atoms with E-state index in [1.807, 2.05) is 17.9 Å². The SMILES string of the molecule is CCCC(CCCc1cnn(C)c1)NC. The van der Waals surface area contributed by atoms with Crippen molar-refractivity contribution in [2.45, 2.75) is 45.1 Å². The van der Waals surface area contributed by atoms with Crippen molar-refractivity contribution in [2.75, 3.05) is 7.05 Å². The molecule has 0 aromatic carbocycles. The van der Waals surface area contributed by atoms with E-state index in [1.54, 1.807) is 0 Å². The highest BCUT2D eigenvalue weighted by molar-refractivity contribution is 5.03. The van der Waals surface area contributed by atoms with Crippen molar-refractivity contribution in [1.82, 2.24) is 15.1 Å². The predicted octanol–water partition coefficient (Wildman–Crippen LogP) is 2.13. The van der Waals surface area contributed by atoms with Crippen molar-refractivity contribution < 1.29 is 0 Å². The van der Waals surface area contributed by atoms with Crippen molar-refractivity contribution in [3.63, 3.8) is 0 Å². The number of aromatic nitrogens is 2. The summed E-state index contributed by atoms with van der Waals surface area (Å²) >= 11 is 0. The zero-order valence-corrected chi connectivity index (χ0v) is 10.2. The van der Waals surface area contributed by atoms with Crippen molar-refractivity contribution in [1.29, 1.82) is 0 Å². The molecule has 3 nitrogen and oxygen atoms in total. The summed E-state index contributed by atoms with van der Waals surface area (Å²) in [5, 5.41) is 7.55. The first-order valence-corrected chi connectivity index (χ1v) is 5.91. The number of nitrogens with one attached hydrogen (secondary N) is 1. The van der Waals surface area contributed by atoms with Crippen LogP contribution in [0, 0.1) is 0 Å². The fourth-order valence-electron chi connectivity index (χ4n) is 1.94. The molecule has 0 bridgehead atoms. The van der Waals surface area contributed by atoms with E-state index in [4.69, 9.17) is 0 Å². The van der Waals surface area contributed by atoms with Crippen molar-refractivity contribution in [3.8, 4) is 0 Å². The highest BCUT2D eigenvalue weighted by atomic mass is 15.2. The van der Waals surface area contributed by atoms with Crippen LogP contribution in [0.1, 0.15) is 38.2 Å². The van der Waals surface area contributed by atoms with E-state index in [9.17, 15) is 0 Å². The lowest BCUT2D eigenvalue weighted by Crippen LogP contribution is -2.24. The Morgan fingerprint density at radius 3 is 2.80 bits per heavy atom. The third kappa shape index (κ3) is 4.47. The second-order valence-electron chi connectivity index (χ2n) is 4.19. The highest BCUT2D eigenvalue weighted by Gasteiger charge is 2.04. The lowest BCUT2D eigenvalue weighted by Gasteiger charge is -2.14. The number of hydrogen-bond acceptors (Lipinski definition) is 2. The van der Waals surface area contributed by atoms with E-state index in [0.717, 1.165) is 6.42 Å². The largest absolute Gasteiger partial charge is 0.317 e. The molecule has 15 heavy (non-hydrogen) atoms. The topological polar surface area (TPSA) is 29.9 Å². The molecule has 3 heteroatoms. The molecule has 1 atom stereocenters. The minimum Gasteiger partial charge on any atom is -0.317 e. The van der Waals surface area contributed by atoms with Gasteiger partial charge < -0.3 is 5.32 Å². The molecule has 1 unspecified atom stereocenters. The lowest BCUT2D eigenvalue weighted by molar-refractivity contribution is 0.469. The van der Waals surface area contributed by atoms with Crippen LogP contribution in [0.25, 0.3) is 0 Å². The molecule has 0 aliphatic carbocycles. The molecule has 0 aliphatic heterocycles. The Morgan fingerprint density at radius 2 is 2.27 bits per heavy atom. The Morgan fingerprint density at radius 1 is 1.47 bits per heavy atom. The Labute approximate surface area is 92.9 Å². The normalized spacial score (nSPS) is 13.0. The molecule has 86 valence electrons. The minimum absolute atomic E-state index is 0.687. The average molecular weight is 209 g/mol. The van der Waals surface area contributed by atoms with E-state index < -0.39 is 0 Å². The van der Waals surface area contributed by atoms with Crippen LogP contribution in [-0.4, -0.2) is 22.9 Å². The molecule has 1 aromatic heterocycles. The molecule has 1 heterocycles. The lowest BCUT2D eigenvalue weighted by atomic mass is 10.0. The molecule has 0 saturated carbocycles. The highest BCUT2D eigenvalue weighted by Crippen LogP contribution is 2.08. The summed E-state index contributed by atoms with van der Waals surface area (Å²) in [6, 6.07) is 0.687. The number of rotatable bonds is 7. The van der Waals surface area contributed by atoms with Gasteiger partial charge in [0.15, 0.2) is 0 Å². The van der Waals surface area contributed by atoms with Crippen LogP contribution < -0.4 is 5.32 Å². The van der Waals surface area contributed by atoms with Gasteiger partial charge in [-0.15, -0.1) is 0 Å². The van der Waals surface area contributed by atoms with Crippen LogP contribution >= 0.6 is 0 Å². The second kappa shape index (κ2) is 6.62. The van der Waals surface area contributed by atoms with Gasteiger partial charge in [0.2, 0.25) is 0 Å². The van der Waals surface area contributed by atoms with Crippen LogP contribution in [-0.2, 0) is 13.5 Å². The molecule has 1 N–H and O–H groups in total. The zero-order chi connectivity index (χ0) is 11.1. The first-order chi connectivity index (χ1) is 7.26. The molecule has 0 amide bonds. The van der Waals surface area contributed by atoms with E-state index in [1.165, 1.54) is 31.2 Å². The summed E-state index contributed by atoms with van der Waals surface area (Å²) in [6.45, 7) is 2.24. The van der Waals surface area contributed by atoms with Gasteiger partial charge in [0.25, 0.3) is 0 Å². The van der Waals surface area contributed by atoms with Crippen LogP contribution in [0.15, 0.2) is 12.4 Å². The van der Waals surface area contributed by atoms with Gasteiger partial charge in [0.1, 0.15) is 0 Å². The van der Waals surface area contributed by atoms with Crippen molar-refractivity contribution >= 4 is 0 Å². The molecule has 1 rings (SSSR count). The molecule has 0 saturated heterocycles. The average Bonchev–Trinajstić information content (AvgIpc) is 2.63. The van der Waals surface area contributed by atoms with Gasteiger partial charge in [-0.1, -0.05) is 13.3 Å². The van der Waals surface area contributed by atoms with Gasteiger partial charge in [-0.2, -0.15) is 5.10 Å². The maximum atomic E-state index is 4.17. The summed E-state index contributed by atoms with van der Waals surface area (Å²) in [6.07, 6.45) is 10.3. The Bertz CT molecular complexity index is 268. The fraction of sp³-hybridized carbons (Fsp3) is 0.750. The minimum atomic E-state index is 0.687. The maximum Gasteiger partial charge on any atom is 0.0521 e. The molecule has 1 aromatic rings. The fourth-order valence-corrected chi connectivity index (χ4v) is 1.94. The third-order valence-electron chi connectivity index (χ3n) is 2.82. The Hall–Kier alpha value is -0.830. The predicted molar refractivity (Wildman–Crippen MR) is 63.9 cm³/mol. The van der Waals surface area contributed by atoms with Gasteiger partial charge >= 0.3 is 0 Å². The van der Waals surface area contributed by atoms with E-state index >= 15 is 0 Å². The molecular formula is C12H23N3. The van der Waals surface area contributed by atoms with Gasteiger partial charge in [0.05, 0.1) is 6.20 Å². The summed E-state index contributed by atoms with van der Waals surface area (Å²) in [5.74, 6) is 0. The van der Waals surface area contributed by atoms with Gasteiger partial charge in [-0.25, -0.2) is 0 Å². The van der Waals surface area contributed by atoms with E-state index in [-0.39, 0.29) is 0 Å². The zero-order valence-electron chi connectivity index (χ0n) is 10.2. The van der Waals surface area contributed by atoms with Crippen LogP contribution in [0.5, 0.6) is 0 Å². The summed E-state index contributed by atoms with van der Waals surface area (Å²) in [5.41, 5.74) is 1.35. The van der Waals surface area contributed by atoms with Gasteiger partial charge in [0, 0.05) is 19.3 Å². The second-order valence-corrected chi connectivity index (χ2v) is 4.19. The van der Waals surface area contributed by atoms with Crippen LogP contribution in [0.3, 0.4) is 0 Å². The van der Waals surface area contributed by atoms with Crippen LogP contribution in [0.4, 0.5) is 0 Å². The molecule has 0 aliphatic rings. The monoisotopic (exact) mass is 209 g/mol. The standard InChI is InChI=1S/C12H23N3/c1-4-6-12(13-2)8-5-7-11-9-14-15(3)10-11/h9-10,12-13H,4-8H2,1-3H3. The summed E-state index contributed by atoms with van der Waals surface area (Å²) in [7, 11) is 4.03. The number of aryl methyl sites for hydroxylation is 2. The Kier molecular flexibility index (Phi) is 5.40. The van der Waals surface area contributed by atoms with Crippen molar-refractivity contribution in [3.05, 3.63) is 18.0 Å². The molecule has 0 radical (unpaired) electrons. The maximum absolute atomic E-state index is 4.17.